The molecule has 6 nitrogen and oxygen atoms in total. The maximum Gasteiger partial charge on any atom is 0.334 e. The van der Waals surface area contributed by atoms with Crippen LogP contribution in [0.4, 0.5) is 0 Å². The zero-order chi connectivity index (χ0) is 13.9. The van der Waals surface area contributed by atoms with Crippen molar-refractivity contribution in [2.75, 3.05) is 19.5 Å². The molecule has 7 heteroatoms. The van der Waals surface area contributed by atoms with Gasteiger partial charge in [-0.15, -0.1) is 0 Å². The van der Waals surface area contributed by atoms with Crippen LogP contribution in [0.25, 0.3) is 0 Å². The van der Waals surface area contributed by atoms with E-state index in [0.717, 1.165) is 0 Å². The van der Waals surface area contributed by atoms with E-state index in [9.17, 15) is 13.2 Å². The highest BCUT2D eigenvalue weighted by Crippen LogP contribution is 2.14. The summed E-state index contributed by atoms with van der Waals surface area (Å²) in [6.07, 6.45) is 0. The van der Waals surface area contributed by atoms with Gasteiger partial charge in [0.05, 0.1) is 12.0 Å². The van der Waals surface area contributed by atoms with Crippen molar-refractivity contribution in [3.8, 4) is 0 Å². The van der Waals surface area contributed by atoms with Crippen LogP contribution < -0.4 is 0 Å². The van der Waals surface area contributed by atoms with Crippen molar-refractivity contribution in [3.05, 3.63) is 30.3 Å². The first kappa shape index (κ1) is 13.5. The van der Waals surface area contributed by atoms with Crippen LogP contribution in [-0.2, 0) is 24.1 Å². The Labute approximate surface area is 111 Å². The van der Waals surface area contributed by atoms with E-state index in [1.54, 1.807) is 18.2 Å². The molecule has 1 aromatic rings. The zero-order valence-corrected chi connectivity index (χ0v) is 11.1. The molecule has 0 radical (unpaired) electrons. The van der Waals surface area contributed by atoms with Crippen LogP contribution in [0.2, 0.25) is 0 Å². The smallest absolute Gasteiger partial charge is 0.334 e. The number of sulfone groups is 1. The number of carbonyl (C=O) groups excluding carboxylic acids is 1. The van der Waals surface area contributed by atoms with Gasteiger partial charge in [0.15, 0.2) is 21.8 Å². The fraction of sp³-hybridized carbons (Fsp3) is 0.333. The van der Waals surface area contributed by atoms with Crippen LogP contribution in [-0.4, -0.2) is 45.8 Å². The molecule has 0 bridgehead atoms. The summed E-state index contributed by atoms with van der Waals surface area (Å²) in [6.45, 7) is 0.0202. The third kappa shape index (κ3) is 3.11. The molecule has 0 saturated carbocycles. The highest BCUT2D eigenvalue weighted by atomic mass is 32.2. The van der Waals surface area contributed by atoms with E-state index >= 15 is 0 Å². The van der Waals surface area contributed by atoms with Gasteiger partial charge < -0.3 is 9.47 Å². The topological polar surface area (TPSA) is 82.0 Å². The van der Waals surface area contributed by atoms with Crippen LogP contribution in [0.5, 0.6) is 0 Å². The minimum Gasteiger partial charge on any atom is -0.477 e. The average Bonchev–Trinajstić information content (AvgIpc) is 2.86. The highest BCUT2D eigenvalue weighted by Gasteiger charge is 2.29. The fourth-order valence-corrected chi connectivity index (χ4v) is 2.85. The van der Waals surface area contributed by atoms with Gasteiger partial charge in [0, 0.05) is 0 Å². The van der Waals surface area contributed by atoms with E-state index in [4.69, 9.17) is 4.74 Å². The van der Waals surface area contributed by atoms with Crippen molar-refractivity contribution in [2.24, 2.45) is 4.99 Å². The minimum atomic E-state index is -3.51. The Morgan fingerprint density at radius 2 is 2.11 bits per heavy atom. The molecule has 0 amide bonds. The molecule has 0 fully saturated rings. The molecule has 0 aliphatic carbocycles. The molecular formula is C12H13NO5S. The van der Waals surface area contributed by atoms with E-state index < -0.39 is 21.8 Å². The molecule has 0 aromatic heterocycles. The number of hydrogen-bond acceptors (Lipinski definition) is 6. The van der Waals surface area contributed by atoms with Crippen LogP contribution >= 0.6 is 0 Å². The summed E-state index contributed by atoms with van der Waals surface area (Å²) < 4.78 is 33.8. The van der Waals surface area contributed by atoms with E-state index in [1.807, 2.05) is 0 Å². The molecule has 0 saturated heterocycles. The first-order valence-electron chi connectivity index (χ1n) is 5.58. The number of aliphatic imine (C=N–C) groups is 1. The number of ether oxygens (including phenoxy) is 2. The molecule has 1 aromatic carbocycles. The largest absolute Gasteiger partial charge is 0.477 e. The summed E-state index contributed by atoms with van der Waals surface area (Å²) in [6, 6.07) is 7.25. The lowest BCUT2D eigenvalue weighted by Crippen LogP contribution is -2.21. The molecular weight excluding hydrogens is 270 g/mol. The molecule has 2 rings (SSSR count). The van der Waals surface area contributed by atoms with E-state index in [2.05, 4.69) is 9.73 Å². The number of esters is 1. The predicted octanol–water partition coefficient (Wildman–Crippen LogP) is 0.431. The van der Waals surface area contributed by atoms with Gasteiger partial charge in [-0.2, -0.15) is 0 Å². The van der Waals surface area contributed by atoms with Crippen molar-refractivity contribution in [1.82, 2.24) is 0 Å². The van der Waals surface area contributed by atoms with E-state index in [-0.39, 0.29) is 23.2 Å². The molecule has 1 atom stereocenters. The van der Waals surface area contributed by atoms with Gasteiger partial charge in [0.25, 0.3) is 0 Å². The quantitative estimate of drug-likeness (QED) is 0.748. The summed E-state index contributed by atoms with van der Waals surface area (Å²) >= 11 is 0. The maximum absolute atomic E-state index is 12.1. The number of nitrogens with zero attached hydrogens (tertiary/aromatic N) is 1. The van der Waals surface area contributed by atoms with Gasteiger partial charge in [0.2, 0.25) is 0 Å². The normalized spacial score (nSPS) is 18.6. The Bertz CT molecular complexity index is 594. The Balaban J connectivity index is 2.12. The molecule has 0 spiro atoms. The molecule has 1 aliphatic rings. The summed E-state index contributed by atoms with van der Waals surface area (Å²) in [5.41, 5.74) is 0. The second-order valence-corrected chi connectivity index (χ2v) is 5.93. The van der Waals surface area contributed by atoms with Crippen LogP contribution in [0, 0.1) is 0 Å². The third-order valence-corrected chi connectivity index (χ3v) is 4.21. The fourth-order valence-electron chi connectivity index (χ4n) is 1.63. The molecule has 0 unspecified atom stereocenters. The Morgan fingerprint density at radius 3 is 2.74 bits per heavy atom. The van der Waals surface area contributed by atoms with Crippen LogP contribution in [0.1, 0.15) is 0 Å². The van der Waals surface area contributed by atoms with Crippen LogP contribution in [0.15, 0.2) is 40.2 Å². The number of rotatable bonds is 4. The number of methoxy groups -OCH3 is 1. The second kappa shape index (κ2) is 5.40. The summed E-state index contributed by atoms with van der Waals surface area (Å²) in [7, 11) is -2.26. The lowest BCUT2D eigenvalue weighted by Gasteiger charge is -2.03. The predicted molar refractivity (Wildman–Crippen MR) is 67.7 cm³/mol. The summed E-state index contributed by atoms with van der Waals surface area (Å²) in [5.74, 6) is -0.851. The first-order valence-corrected chi connectivity index (χ1v) is 7.23. The molecule has 1 heterocycles. The Morgan fingerprint density at radius 1 is 1.42 bits per heavy atom. The van der Waals surface area contributed by atoms with E-state index in [0.29, 0.717) is 0 Å². The second-order valence-electron chi connectivity index (χ2n) is 3.94. The lowest BCUT2D eigenvalue weighted by atomic mass is 10.3. The SMILES string of the molecule is COC(=O)[C@@H]1COC(CS(=O)(=O)c2ccccc2)=N1. The van der Waals surface area contributed by atoms with Gasteiger partial charge in [-0.05, 0) is 12.1 Å². The Hall–Kier alpha value is -1.89. The summed E-state index contributed by atoms with van der Waals surface area (Å²) in [4.78, 5) is 15.3. The van der Waals surface area contributed by atoms with Crippen molar-refractivity contribution in [2.45, 2.75) is 10.9 Å². The monoisotopic (exact) mass is 283 g/mol. The number of hydrogen-bond donors (Lipinski definition) is 0. The van der Waals surface area contributed by atoms with Gasteiger partial charge in [-0.25, -0.2) is 18.2 Å². The van der Waals surface area contributed by atoms with Crippen LogP contribution in [0.3, 0.4) is 0 Å². The third-order valence-electron chi connectivity index (χ3n) is 2.60. The average molecular weight is 283 g/mol. The van der Waals surface area contributed by atoms with Crippen molar-refractivity contribution in [3.63, 3.8) is 0 Å². The maximum atomic E-state index is 12.1. The van der Waals surface area contributed by atoms with Gasteiger partial charge in [0.1, 0.15) is 12.4 Å². The molecule has 0 N–H and O–H groups in total. The summed E-state index contributed by atoms with van der Waals surface area (Å²) in [5, 5.41) is 0. The van der Waals surface area contributed by atoms with Crippen molar-refractivity contribution >= 4 is 21.7 Å². The first-order chi connectivity index (χ1) is 9.03. The number of carbonyl (C=O) groups is 1. The zero-order valence-electron chi connectivity index (χ0n) is 10.3. The number of benzene rings is 1. The highest BCUT2D eigenvalue weighted by molar-refractivity contribution is 7.92. The standard InChI is InChI=1S/C12H13NO5S/c1-17-12(14)10-7-18-11(13-10)8-19(15,16)9-5-3-2-4-6-9/h2-6,10H,7-8H2,1H3/t10-/m0/s1. The van der Waals surface area contributed by atoms with Gasteiger partial charge in [-0.3, -0.25) is 0 Å². The van der Waals surface area contributed by atoms with Gasteiger partial charge in [-0.1, -0.05) is 18.2 Å². The molecule has 102 valence electrons. The molecule has 1 aliphatic heterocycles. The van der Waals surface area contributed by atoms with E-state index in [1.165, 1.54) is 19.2 Å². The molecule has 19 heavy (non-hydrogen) atoms. The van der Waals surface area contributed by atoms with Gasteiger partial charge >= 0.3 is 5.97 Å². The minimum absolute atomic E-state index is 0.0202. The van der Waals surface area contributed by atoms with Crippen molar-refractivity contribution in [1.29, 1.82) is 0 Å². The lowest BCUT2D eigenvalue weighted by molar-refractivity contribution is -0.142. The van der Waals surface area contributed by atoms with Crippen molar-refractivity contribution < 1.29 is 22.7 Å². The Kier molecular flexibility index (Phi) is 3.84.